The van der Waals surface area contributed by atoms with Gasteiger partial charge in [-0.2, -0.15) is 0 Å². The monoisotopic (exact) mass is 409 g/mol. The fraction of sp³-hybridized carbons (Fsp3) is 0.333. The Morgan fingerprint density at radius 2 is 1.62 bits per heavy atom. The maximum atomic E-state index is 3.72. The van der Waals surface area contributed by atoms with E-state index in [1.165, 1.54) is 32.3 Å². The lowest BCUT2D eigenvalue weighted by atomic mass is 9.93. The topological polar surface area (TPSA) is 12.0 Å². The van der Waals surface area contributed by atoms with Crippen LogP contribution in [0.3, 0.4) is 0 Å². The SMILES string of the molecule is CCNC(c1cc(C)c(Br)cc1C)c1ccc(C)cc1Br. The van der Waals surface area contributed by atoms with Crippen LogP contribution in [0.25, 0.3) is 0 Å². The van der Waals surface area contributed by atoms with Crippen LogP contribution in [0.15, 0.2) is 39.3 Å². The van der Waals surface area contributed by atoms with Gasteiger partial charge in [0.25, 0.3) is 0 Å². The normalized spacial score (nSPS) is 12.5. The lowest BCUT2D eigenvalue weighted by molar-refractivity contribution is 0.625. The van der Waals surface area contributed by atoms with Crippen molar-refractivity contribution in [2.24, 2.45) is 0 Å². The third kappa shape index (κ3) is 3.77. The Kier molecular flexibility index (Phi) is 5.64. The molecule has 0 aliphatic heterocycles. The van der Waals surface area contributed by atoms with Crippen molar-refractivity contribution in [3.05, 3.63) is 67.1 Å². The number of benzene rings is 2. The Balaban J connectivity index is 2.55. The molecule has 3 heteroatoms. The number of rotatable bonds is 4. The van der Waals surface area contributed by atoms with Crippen molar-refractivity contribution in [2.45, 2.75) is 33.7 Å². The van der Waals surface area contributed by atoms with Crippen molar-refractivity contribution in [1.82, 2.24) is 5.32 Å². The van der Waals surface area contributed by atoms with Crippen molar-refractivity contribution in [1.29, 1.82) is 0 Å². The molecule has 1 N–H and O–H groups in total. The van der Waals surface area contributed by atoms with Crippen LogP contribution in [0, 0.1) is 20.8 Å². The third-order valence-corrected chi connectivity index (χ3v) is 5.27. The lowest BCUT2D eigenvalue weighted by Gasteiger charge is -2.23. The lowest BCUT2D eigenvalue weighted by Crippen LogP contribution is -2.23. The van der Waals surface area contributed by atoms with Gasteiger partial charge in [0, 0.05) is 8.95 Å². The molecule has 2 aromatic carbocycles. The highest BCUT2D eigenvalue weighted by molar-refractivity contribution is 9.10. The summed E-state index contributed by atoms with van der Waals surface area (Å²) in [5.41, 5.74) is 6.45. The van der Waals surface area contributed by atoms with E-state index in [0.29, 0.717) is 0 Å². The van der Waals surface area contributed by atoms with Gasteiger partial charge in [-0.15, -0.1) is 0 Å². The number of halogens is 2. The first-order valence-corrected chi connectivity index (χ1v) is 8.78. The van der Waals surface area contributed by atoms with E-state index in [4.69, 9.17) is 0 Å². The Labute approximate surface area is 144 Å². The molecule has 0 saturated carbocycles. The molecule has 1 unspecified atom stereocenters. The molecule has 1 atom stereocenters. The second-order valence-corrected chi connectivity index (χ2v) is 7.18. The van der Waals surface area contributed by atoms with Crippen molar-refractivity contribution in [3.8, 4) is 0 Å². The zero-order valence-electron chi connectivity index (χ0n) is 12.9. The highest BCUT2D eigenvalue weighted by Gasteiger charge is 2.18. The molecule has 2 aromatic rings. The average molecular weight is 411 g/mol. The Bertz CT molecular complexity index is 650. The van der Waals surface area contributed by atoms with E-state index in [0.717, 1.165) is 11.0 Å². The summed E-state index contributed by atoms with van der Waals surface area (Å²) in [6.07, 6.45) is 0. The van der Waals surface area contributed by atoms with E-state index in [1.54, 1.807) is 0 Å². The summed E-state index contributed by atoms with van der Waals surface area (Å²) in [6.45, 7) is 9.51. The third-order valence-electron chi connectivity index (χ3n) is 3.73. The van der Waals surface area contributed by atoms with E-state index in [9.17, 15) is 0 Å². The number of hydrogen-bond donors (Lipinski definition) is 1. The maximum Gasteiger partial charge on any atom is 0.0590 e. The Morgan fingerprint density at radius 3 is 2.24 bits per heavy atom. The molecule has 0 aliphatic rings. The minimum Gasteiger partial charge on any atom is -0.306 e. The number of nitrogens with one attached hydrogen (secondary N) is 1. The Morgan fingerprint density at radius 1 is 0.905 bits per heavy atom. The van der Waals surface area contributed by atoms with Crippen LogP contribution in [-0.4, -0.2) is 6.54 Å². The van der Waals surface area contributed by atoms with E-state index < -0.39 is 0 Å². The van der Waals surface area contributed by atoms with Gasteiger partial charge in [0.05, 0.1) is 6.04 Å². The maximum absolute atomic E-state index is 3.72. The summed E-state index contributed by atoms with van der Waals surface area (Å²) in [5, 5.41) is 3.62. The van der Waals surface area contributed by atoms with Crippen LogP contribution in [0.5, 0.6) is 0 Å². The molecule has 1 nitrogen and oxygen atoms in total. The first-order valence-electron chi connectivity index (χ1n) is 7.20. The molecule has 0 aromatic heterocycles. The molecule has 21 heavy (non-hydrogen) atoms. The molecule has 0 saturated heterocycles. The molecule has 0 amide bonds. The van der Waals surface area contributed by atoms with Gasteiger partial charge in [-0.1, -0.05) is 57.0 Å². The highest BCUT2D eigenvalue weighted by atomic mass is 79.9. The van der Waals surface area contributed by atoms with Crippen molar-refractivity contribution in [3.63, 3.8) is 0 Å². The molecule has 0 fully saturated rings. The van der Waals surface area contributed by atoms with Crippen molar-refractivity contribution >= 4 is 31.9 Å². The van der Waals surface area contributed by atoms with Gasteiger partial charge >= 0.3 is 0 Å². The van der Waals surface area contributed by atoms with Gasteiger partial charge in [0.15, 0.2) is 0 Å². The zero-order chi connectivity index (χ0) is 15.6. The number of aryl methyl sites for hydroxylation is 3. The van der Waals surface area contributed by atoms with Crippen LogP contribution in [-0.2, 0) is 0 Å². The van der Waals surface area contributed by atoms with Gasteiger partial charge in [-0.3, -0.25) is 0 Å². The molecule has 2 rings (SSSR count). The molecule has 0 aliphatic carbocycles. The summed E-state index contributed by atoms with van der Waals surface area (Å²) >= 11 is 7.34. The average Bonchev–Trinajstić information content (AvgIpc) is 2.41. The van der Waals surface area contributed by atoms with E-state index >= 15 is 0 Å². The summed E-state index contributed by atoms with van der Waals surface area (Å²) < 4.78 is 2.33. The second-order valence-electron chi connectivity index (χ2n) is 5.47. The van der Waals surface area contributed by atoms with E-state index in [2.05, 4.69) is 95.2 Å². The summed E-state index contributed by atoms with van der Waals surface area (Å²) in [7, 11) is 0. The standard InChI is InChI=1S/C18H21Br2N/c1-5-21-18(14-7-6-11(2)8-17(14)20)15-9-13(4)16(19)10-12(15)3/h6-10,18,21H,5H2,1-4H3. The van der Waals surface area contributed by atoms with Crippen LogP contribution in [0.4, 0.5) is 0 Å². The summed E-state index contributed by atoms with van der Waals surface area (Å²) in [4.78, 5) is 0. The van der Waals surface area contributed by atoms with Gasteiger partial charge in [0.1, 0.15) is 0 Å². The van der Waals surface area contributed by atoms with Gasteiger partial charge < -0.3 is 5.32 Å². The molecule has 112 valence electrons. The molecule has 0 spiro atoms. The fourth-order valence-corrected chi connectivity index (χ4v) is 3.75. The molecule has 0 radical (unpaired) electrons. The summed E-state index contributed by atoms with van der Waals surface area (Å²) in [5.74, 6) is 0. The molecular weight excluding hydrogens is 390 g/mol. The minimum absolute atomic E-state index is 0.205. The fourth-order valence-electron chi connectivity index (χ4n) is 2.57. The first-order chi connectivity index (χ1) is 9.93. The second kappa shape index (κ2) is 7.08. The molecule has 0 bridgehead atoms. The van der Waals surface area contributed by atoms with E-state index in [1.807, 2.05) is 0 Å². The van der Waals surface area contributed by atoms with Crippen molar-refractivity contribution < 1.29 is 0 Å². The zero-order valence-corrected chi connectivity index (χ0v) is 16.1. The largest absolute Gasteiger partial charge is 0.306 e. The summed E-state index contributed by atoms with van der Waals surface area (Å²) in [6, 6.07) is 11.3. The van der Waals surface area contributed by atoms with E-state index in [-0.39, 0.29) is 6.04 Å². The molecule has 0 heterocycles. The van der Waals surface area contributed by atoms with Crippen molar-refractivity contribution in [2.75, 3.05) is 6.54 Å². The first kappa shape index (κ1) is 16.7. The predicted octanol–water partition coefficient (Wildman–Crippen LogP) is 5.84. The quantitative estimate of drug-likeness (QED) is 0.667. The van der Waals surface area contributed by atoms with Gasteiger partial charge in [0.2, 0.25) is 0 Å². The minimum atomic E-state index is 0.205. The highest BCUT2D eigenvalue weighted by Crippen LogP contribution is 2.33. The van der Waals surface area contributed by atoms with Gasteiger partial charge in [-0.05, 0) is 67.3 Å². The van der Waals surface area contributed by atoms with Crippen LogP contribution >= 0.6 is 31.9 Å². The predicted molar refractivity (Wildman–Crippen MR) is 98.0 cm³/mol. The smallest absolute Gasteiger partial charge is 0.0590 e. The van der Waals surface area contributed by atoms with Crippen LogP contribution in [0.2, 0.25) is 0 Å². The van der Waals surface area contributed by atoms with Gasteiger partial charge in [-0.25, -0.2) is 0 Å². The molecular formula is C18H21Br2N. The van der Waals surface area contributed by atoms with Crippen LogP contribution in [0.1, 0.15) is 40.8 Å². The number of hydrogen-bond acceptors (Lipinski definition) is 1. The Hall–Kier alpha value is -0.640. The van der Waals surface area contributed by atoms with Crippen LogP contribution < -0.4 is 5.32 Å².